The van der Waals surface area contributed by atoms with Gasteiger partial charge in [-0.05, 0) is 18.8 Å². The van der Waals surface area contributed by atoms with Crippen molar-refractivity contribution in [3.05, 3.63) is 0 Å². The summed E-state index contributed by atoms with van der Waals surface area (Å²) in [5, 5.41) is 0. The van der Waals surface area contributed by atoms with Gasteiger partial charge >= 0.3 is 0 Å². The van der Waals surface area contributed by atoms with Crippen LogP contribution in [0, 0.1) is 11.8 Å². The van der Waals surface area contributed by atoms with Gasteiger partial charge in [0.2, 0.25) is 5.91 Å². The van der Waals surface area contributed by atoms with Gasteiger partial charge in [0.25, 0.3) is 0 Å². The Morgan fingerprint density at radius 1 is 1.46 bits per heavy atom. The van der Waals surface area contributed by atoms with Gasteiger partial charge in [-0.2, -0.15) is 0 Å². The fourth-order valence-electron chi connectivity index (χ4n) is 1.85. The van der Waals surface area contributed by atoms with E-state index in [2.05, 4.69) is 0 Å². The standard InChI is InChI=1S/C10H17NO2/c1-8(7-12)10-3-5-11(6-4-10)9(2)13/h7-8,10H,3-6H2,1-2H3. The lowest BCUT2D eigenvalue weighted by molar-refractivity contribution is -0.130. The summed E-state index contributed by atoms with van der Waals surface area (Å²) in [4.78, 5) is 23.4. The first-order valence-corrected chi connectivity index (χ1v) is 4.86. The summed E-state index contributed by atoms with van der Waals surface area (Å²) in [7, 11) is 0. The second-order valence-corrected chi connectivity index (χ2v) is 3.84. The molecule has 1 fully saturated rings. The van der Waals surface area contributed by atoms with Crippen LogP contribution in [0.4, 0.5) is 0 Å². The maximum absolute atomic E-state index is 11.0. The van der Waals surface area contributed by atoms with Gasteiger partial charge in [-0.15, -0.1) is 0 Å². The van der Waals surface area contributed by atoms with E-state index >= 15 is 0 Å². The van der Waals surface area contributed by atoms with E-state index in [9.17, 15) is 9.59 Å². The third kappa shape index (κ3) is 2.54. The summed E-state index contributed by atoms with van der Waals surface area (Å²) in [5.74, 6) is 0.777. The summed E-state index contributed by atoms with van der Waals surface area (Å²) in [5.41, 5.74) is 0. The molecule has 3 heteroatoms. The van der Waals surface area contributed by atoms with Crippen molar-refractivity contribution < 1.29 is 9.59 Å². The summed E-state index contributed by atoms with van der Waals surface area (Å²) in [6.45, 7) is 5.20. The molecule has 0 aromatic heterocycles. The lowest BCUT2D eigenvalue weighted by Gasteiger charge is -2.32. The van der Waals surface area contributed by atoms with Crippen molar-refractivity contribution in [1.82, 2.24) is 4.90 Å². The maximum Gasteiger partial charge on any atom is 0.219 e. The maximum atomic E-state index is 11.0. The SMILES string of the molecule is CC(=O)N1CCC(C(C)C=O)CC1. The highest BCUT2D eigenvalue weighted by Crippen LogP contribution is 2.23. The molecule has 0 aromatic rings. The number of amides is 1. The van der Waals surface area contributed by atoms with E-state index in [1.165, 1.54) is 0 Å². The van der Waals surface area contributed by atoms with Crippen molar-refractivity contribution in [2.45, 2.75) is 26.7 Å². The molecule has 3 nitrogen and oxygen atoms in total. The first-order valence-electron chi connectivity index (χ1n) is 4.86. The van der Waals surface area contributed by atoms with E-state index in [1.54, 1.807) is 6.92 Å². The largest absolute Gasteiger partial charge is 0.343 e. The quantitative estimate of drug-likeness (QED) is 0.601. The average molecular weight is 183 g/mol. The van der Waals surface area contributed by atoms with E-state index < -0.39 is 0 Å². The molecule has 0 radical (unpaired) electrons. The number of hydrogen-bond acceptors (Lipinski definition) is 2. The number of nitrogens with zero attached hydrogens (tertiary/aromatic N) is 1. The lowest BCUT2D eigenvalue weighted by atomic mass is 9.86. The molecule has 0 saturated carbocycles. The molecule has 0 bridgehead atoms. The van der Waals surface area contributed by atoms with Crippen LogP contribution in [0.15, 0.2) is 0 Å². The molecule has 0 aromatic carbocycles. The molecule has 0 spiro atoms. The Morgan fingerprint density at radius 2 is 2.00 bits per heavy atom. The van der Waals surface area contributed by atoms with Gasteiger partial charge in [0.05, 0.1) is 0 Å². The van der Waals surface area contributed by atoms with Crippen molar-refractivity contribution in [3.8, 4) is 0 Å². The number of aldehydes is 1. The van der Waals surface area contributed by atoms with Gasteiger partial charge in [-0.25, -0.2) is 0 Å². The molecule has 74 valence electrons. The Bertz CT molecular complexity index is 195. The molecule has 1 aliphatic heterocycles. The van der Waals surface area contributed by atoms with Crippen LogP contribution in [-0.4, -0.2) is 30.2 Å². The number of rotatable bonds is 2. The highest BCUT2D eigenvalue weighted by molar-refractivity contribution is 5.73. The van der Waals surface area contributed by atoms with Gasteiger partial charge in [0.1, 0.15) is 6.29 Å². The zero-order chi connectivity index (χ0) is 9.84. The zero-order valence-corrected chi connectivity index (χ0v) is 8.32. The van der Waals surface area contributed by atoms with Crippen molar-refractivity contribution in [3.63, 3.8) is 0 Å². The summed E-state index contributed by atoms with van der Waals surface area (Å²) in [6.07, 6.45) is 2.97. The Morgan fingerprint density at radius 3 is 2.38 bits per heavy atom. The Balaban J connectivity index is 2.38. The Hall–Kier alpha value is -0.860. The molecule has 1 rings (SSSR count). The first kappa shape index (κ1) is 10.2. The Kier molecular flexibility index (Phi) is 3.46. The molecule has 0 aliphatic carbocycles. The summed E-state index contributed by atoms with van der Waals surface area (Å²) >= 11 is 0. The van der Waals surface area contributed by atoms with Crippen molar-refractivity contribution in [2.75, 3.05) is 13.1 Å². The van der Waals surface area contributed by atoms with E-state index in [0.717, 1.165) is 32.2 Å². The lowest BCUT2D eigenvalue weighted by Crippen LogP contribution is -2.38. The third-order valence-corrected chi connectivity index (χ3v) is 2.94. The molecular formula is C10H17NO2. The third-order valence-electron chi connectivity index (χ3n) is 2.94. The number of carbonyl (C=O) groups excluding carboxylic acids is 2. The van der Waals surface area contributed by atoms with Gasteiger partial charge < -0.3 is 9.69 Å². The second kappa shape index (κ2) is 4.40. The van der Waals surface area contributed by atoms with Crippen LogP contribution in [0.3, 0.4) is 0 Å². The van der Waals surface area contributed by atoms with E-state index in [1.807, 2.05) is 11.8 Å². The van der Waals surface area contributed by atoms with E-state index in [-0.39, 0.29) is 11.8 Å². The number of piperidine rings is 1. The van der Waals surface area contributed by atoms with Crippen LogP contribution in [0.25, 0.3) is 0 Å². The van der Waals surface area contributed by atoms with Crippen LogP contribution in [-0.2, 0) is 9.59 Å². The van der Waals surface area contributed by atoms with E-state index in [4.69, 9.17) is 0 Å². The van der Waals surface area contributed by atoms with Gasteiger partial charge in [0.15, 0.2) is 0 Å². The smallest absolute Gasteiger partial charge is 0.219 e. The molecule has 1 heterocycles. The fourth-order valence-corrected chi connectivity index (χ4v) is 1.85. The minimum atomic E-state index is 0.147. The average Bonchev–Trinajstić information content (AvgIpc) is 2.17. The van der Waals surface area contributed by atoms with Crippen LogP contribution in [0.5, 0.6) is 0 Å². The molecule has 1 aliphatic rings. The van der Waals surface area contributed by atoms with Crippen molar-refractivity contribution in [2.24, 2.45) is 11.8 Å². The van der Waals surface area contributed by atoms with E-state index in [0.29, 0.717) is 5.92 Å². The summed E-state index contributed by atoms with van der Waals surface area (Å²) in [6, 6.07) is 0. The predicted molar refractivity (Wildman–Crippen MR) is 50.2 cm³/mol. The van der Waals surface area contributed by atoms with Gasteiger partial charge in [-0.1, -0.05) is 6.92 Å². The molecule has 1 amide bonds. The topological polar surface area (TPSA) is 37.4 Å². The molecular weight excluding hydrogens is 166 g/mol. The minimum absolute atomic E-state index is 0.147. The normalized spacial score (nSPS) is 21.2. The predicted octanol–water partition coefficient (Wildman–Crippen LogP) is 1.08. The fraction of sp³-hybridized carbons (Fsp3) is 0.800. The summed E-state index contributed by atoms with van der Waals surface area (Å²) < 4.78 is 0. The van der Waals surface area contributed by atoms with Crippen molar-refractivity contribution in [1.29, 1.82) is 0 Å². The van der Waals surface area contributed by atoms with Crippen LogP contribution in [0.2, 0.25) is 0 Å². The molecule has 1 saturated heterocycles. The molecule has 13 heavy (non-hydrogen) atoms. The molecule has 0 N–H and O–H groups in total. The monoisotopic (exact) mass is 183 g/mol. The Labute approximate surface area is 79.1 Å². The number of likely N-dealkylation sites (tertiary alicyclic amines) is 1. The van der Waals surface area contributed by atoms with Gasteiger partial charge in [0, 0.05) is 25.9 Å². The first-order chi connectivity index (χ1) is 6.15. The number of carbonyl (C=O) groups is 2. The van der Waals surface area contributed by atoms with Crippen molar-refractivity contribution >= 4 is 12.2 Å². The van der Waals surface area contributed by atoms with Crippen LogP contribution >= 0.6 is 0 Å². The van der Waals surface area contributed by atoms with Gasteiger partial charge in [-0.3, -0.25) is 4.79 Å². The molecule has 1 atom stereocenters. The van der Waals surface area contributed by atoms with Crippen LogP contribution < -0.4 is 0 Å². The highest BCUT2D eigenvalue weighted by atomic mass is 16.2. The highest BCUT2D eigenvalue weighted by Gasteiger charge is 2.24. The number of hydrogen-bond donors (Lipinski definition) is 0. The second-order valence-electron chi connectivity index (χ2n) is 3.84. The zero-order valence-electron chi connectivity index (χ0n) is 8.32. The molecule has 1 unspecified atom stereocenters. The minimum Gasteiger partial charge on any atom is -0.343 e. The van der Waals surface area contributed by atoms with Crippen LogP contribution in [0.1, 0.15) is 26.7 Å².